The first-order valence-electron chi connectivity index (χ1n) is 7.48. The molecule has 1 aliphatic heterocycles. The number of aromatic nitrogens is 1. The Balaban J connectivity index is 2.14. The summed E-state index contributed by atoms with van der Waals surface area (Å²) < 4.78 is 12.2. The van der Waals surface area contributed by atoms with Crippen LogP contribution in [-0.2, 0) is 16.5 Å². The summed E-state index contributed by atoms with van der Waals surface area (Å²) in [6.45, 7) is 2.79. The molecule has 1 fully saturated rings. The Labute approximate surface area is 140 Å². The molecular weight excluding hydrogens is 316 g/mol. The summed E-state index contributed by atoms with van der Waals surface area (Å²) in [7, 11) is 3.26. The molecule has 0 amide bonds. The highest BCUT2D eigenvalue weighted by Gasteiger charge is 2.27. The summed E-state index contributed by atoms with van der Waals surface area (Å²) in [4.78, 5) is 14.5. The molecule has 0 unspecified atom stereocenters. The van der Waals surface area contributed by atoms with Gasteiger partial charge in [-0.3, -0.25) is 0 Å². The molecule has 0 radical (unpaired) electrons. The lowest BCUT2D eigenvalue weighted by Gasteiger charge is -2.30. The topological polar surface area (TPSA) is 43.7 Å². The second-order valence-corrected chi connectivity index (χ2v) is 5.89. The predicted octanol–water partition coefficient (Wildman–Crippen LogP) is 2.97. The Bertz CT molecular complexity index is 703. The summed E-state index contributed by atoms with van der Waals surface area (Å²) >= 11 is 5.99. The van der Waals surface area contributed by atoms with Crippen molar-refractivity contribution in [2.45, 2.75) is 0 Å². The maximum Gasteiger partial charge on any atom is 0.356 e. The number of aryl methyl sites for hydroxylation is 1. The minimum absolute atomic E-state index is 0.339. The number of hydrogen-bond acceptors (Lipinski definition) is 4. The van der Waals surface area contributed by atoms with E-state index in [4.69, 9.17) is 21.1 Å². The van der Waals surface area contributed by atoms with Crippen molar-refractivity contribution >= 4 is 23.3 Å². The average molecular weight is 335 g/mol. The van der Waals surface area contributed by atoms with Gasteiger partial charge in [0, 0.05) is 36.9 Å². The molecule has 6 heteroatoms. The van der Waals surface area contributed by atoms with Crippen molar-refractivity contribution in [2.24, 2.45) is 7.05 Å². The van der Waals surface area contributed by atoms with Crippen molar-refractivity contribution in [3.8, 4) is 11.1 Å². The number of esters is 1. The number of benzene rings is 1. The van der Waals surface area contributed by atoms with Gasteiger partial charge in [0.1, 0.15) is 0 Å². The highest BCUT2D eigenvalue weighted by Crippen LogP contribution is 2.37. The van der Waals surface area contributed by atoms with Crippen molar-refractivity contribution in [1.82, 2.24) is 4.57 Å². The molecule has 23 heavy (non-hydrogen) atoms. The fourth-order valence-electron chi connectivity index (χ4n) is 2.90. The number of anilines is 1. The fraction of sp³-hybridized carbons (Fsp3) is 0.353. The van der Waals surface area contributed by atoms with Crippen LogP contribution < -0.4 is 4.90 Å². The third-order valence-corrected chi connectivity index (χ3v) is 4.27. The van der Waals surface area contributed by atoms with Crippen LogP contribution >= 0.6 is 11.6 Å². The van der Waals surface area contributed by atoms with Gasteiger partial charge in [-0.05, 0) is 17.7 Å². The Kier molecular flexibility index (Phi) is 4.59. The van der Waals surface area contributed by atoms with Gasteiger partial charge in [0.2, 0.25) is 0 Å². The number of carbonyl (C=O) groups excluding carboxylic acids is 1. The summed E-state index contributed by atoms with van der Waals surface area (Å²) in [6, 6.07) is 7.63. The summed E-state index contributed by atoms with van der Waals surface area (Å²) in [5.41, 5.74) is 3.46. The van der Waals surface area contributed by atoms with E-state index in [9.17, 15) is 4.79 Å². The van der Waals surface area contributed by atoms with Crippen LogP contribution in [0.5, 0.6) is 0 Å². The first-order valence-corrected chi connectivity index (χ1v) is 7.86. The van der Waals surface area contributed by atoms with Crippen molar-refractivity contribution < 1.29 is 14.3 Å². The molecule has 1 aliphatic rings. The van der Waals surface area contributed by atoms with E-state index in [-0.39, 0.29) is 5.97 Å². The minimum Gasteiger partial charge on any atom is -0.464 e. The normalized spacial score (nSPS) is 14.8. The lowest BCUT2D eigenvalue weighted by Crippen LogP contribution is -2.37. The Morgan fingerprint density at radius 3 is 2.48 bits per heavy atom. The lowest BCUT2D eigenvalue weighted by atomic mass is 10.1. The number of ether oxygens (including phenoxy) is 2. The van der Waals surface area contributed by atoms with Gasteiger partial charge in [-0.15, -0.1) is 0 Å². The van der Waals surface area contributed by atoms with Crippen LogP contribution in [0.4, 0.5) is 5.69 Å². The molecule has 0 aliphatic carbocycles. The molecule has 2 aromatic rings. The number of halogens is 1. The van der Waals surface area contributed by atoms with Crippen LogP contribution in [0.3, 0.4) is 0 Å². The van der Waals surface area contributed by atoms with Gasteiger partial charge in [0.25, 0.3) is 0 Å². The van der Waals surface area contributed by atoms with Crippen LogP contribution in [0.1, 0.15) is 10.5 Å². The molecule has 1 saturated heterocycles. The number of carbonyl (C=O) groups is 1. The van der Waals surface area contributed by atoms with E-state index in [2.05, 4.69) is 4.90 Å². The van der Waals surface area contributed by atoms with E-state index in [0.717, 1.165) is 29.9 Å². The fourth-order valence-corrected chi connectivity index (χ4v) is 3.03. The smallest absolute Gasteiger partial charge is 0.356 e. The Morgan fingerprint density at radius 1 is 1.22 bits per heavy atom. The lowest BCUT2D eigenvalue weighted by molar-refractivity contribution is 0.0589. The largest absolute Gasteiger partial charge is 0.464 e. The number of rotatable bonds is 3. The number of morpholine rings is 1. The number of nitrogens with zero attached hydrogens (tertiary/aromatic N) is 2. The highest BCUT2D eigenvalue weighted by atomic mass is 35.5. The monoisotopic (exact) mass is 334 g/mol. The number of hydrogen-bond donors (Lipinski definition) is 0. The van der Waals surface area contributed by atoms with Gasteiger partial charge >= 0.3 is 5.97 Å². The maximum absolute atomic E-state index is 12.3. The molecule has 1 aromatic heterocycles. The molecule has 5 nitrogen and oxygen atoms in total. The van der Waals surface area contributed by atoms with Gasteiger partial charge in [0.15, 0.2) is 5.69 Å². The second kappa shape index (κ2) is 6.64. The summed E-state index contributed by atoms with van der Waals surface area (Å²) in [5.74, 6) is -0.339. The van der Waals surface area contributed by atoms with Gasteiger partial charge in [-0.2, -0.15) is 0 Å². The minimum atomic E-state index is -0.339. The van der Waals surface area contributed by atoms with Crippen molar-refractivity contribution in [3.05, 3.63) is 41.2 Å². The van der Waals surface area contributed by atoms with Crippen LogP contribution in [0, 0.1) is 0 Å². The van der Waals surface area contributed by atoms with E-state index >= 15 is 0 Å². The van der Waals surface area contributed by atoms with Crippen LogP contribution in [0.15, 0.2) is 30.5 Å². The van der Waals surface area contributed by atoms with Crippen molar-refractivity contribution in [3.63, 3.8) is 0 Å². The third-order valence-electron chi connectivity index (χ3n) is 4.02. The van der Waals surface area contributed by atoms with Gasteiger partial charge in [0.05, 0.1) is 26.0 Å². The predicted molar refractivity (Wildman–Crippen MR) is 90.2 cm³/mol. The molecule has 0 spiro atoms. The average Bonchev–Trinajstić information content (AvgIpc) is 2.93. The molecule has 0 N–H and O–H groups in total. The maximum atomic E-state index is 12.3. The highest BCUT2D eigenvalue weighted by molar-refractivity contribution is 6.30. The van der Waals surface area contributed by atoms with Crippen molar-refractivity contribution in [2.75, 3.05) is 38.3 Å². The van der Waals surface area contributed by atoms with E-state index in [1.165, 1.54) is 7.11 Å². The molecule has 0 bridgehead atoms. The van der Waals surface area contributed by atoms with Crippen LogP contribution in [0.25, 0.3) is 11.1 Å². The third kappa shape index (κ3) is 3.07. The molecule has 0 saturated carbocycles. The van der Waals surface area contributed by atoms with E-state index in [1.807, 2.05) is 42.1 Å². The Morgan fingerprint density at radius 2 is 1.87 bits per heavy atom. The van der Waals surface area contributed by atoms with Crippen LogP contribution in [0.2, 0.25) is 5.02 Å². The molecule has 0 atom stereocenters. The number of methoxy groups -OCH3 is 1. The van der Waals surface area contributed by atoms with Gasteiger partial charge in [-0.25, -0.2) is 4.79 Å². The molecule has 122 valence electrons. The van der Waals surface area contributed by atoms with Crippen molar-refractivity contribution in [1.29, 1.82) is 0 Å². The summed E-state index contributed by atoms with van der Waals surface area (Å²) in [5, 5.41) is 0.686. The second-order valence-electron chi connectivity index (χ2n) is 5.45. The van der Waals surface area contributed by atoms with E-state index in [1.54, 1.807) is 0 Å². The standard InChI is InChI=1S/C17H19ClN2O3/c1-19-11-14(12-3-5-13(18)6-4-12)15(16(19)17(21)22-2)20-7-9-23-10-8-20/h3-6,11H,7-10H2,1-2H3. The van der Waals surface area contributed by atoms with E-state index in [0.29, 0.717) is 23.9 Å². The van der Waals surface area contributed by atoms with Gasteiger partial charge in [-0.1, -0.05) is 23.7 Å². The molecule has 2 heterocycles. The van der Waals surface area contributed by atoms with Crippen LogP contribution in [-0.4, -0.2) is 43.9 Å². The zero-order valence-corrected chi connectivity index (χ0v) is 14.0. The first-order chi connectivity index (χ1) is 11.1. The zero-order valence-electron chi connectivity index (χ0n) is 13.2. The Hall–Kier alpha value is -1.98. The zero-order chi connectivity index (χ0) is 16.4. The molecular formula is C17H19ClN2O3. The SMILES string of the molecule is COC(=O)c1c(N2CCOCC2)c(-c2ccc(Cl)cc2)cn1C. The van der Waals surface area contributed by atoms with Gasteiger partial charge < -0.3 is 18.9 Å². The van der Waals surface area contributed by atoms with E-state index < -0.39 is 0 Å². The quantitative estimate of drug-likeness (QED) is 0.809. The molecule has 1 aromatic carbocycles. The first kappa shape index (κ1) is 15.9. The molecule has 3 rings (SSSR count). The summed E-state index contributed by atoms with van der Waals surface area (Å²) in [6.07, 6.45) is 1.96.